The largest absolute Gasteiger partial charge is 0.248 e. The van der Waals surface area contributed by atoms with Crippen molar-refractivity contribution < 1.29 is 0 Å². The molecule has 0 amide bonds. The Morgan fingerprint density at radius 1 is 0.545 bits per heavy atom. The van der Waals surface area contributed by atoms with E-state index in [-0.39, 0.29) is 5.41 Å². The van der Waals surface area contributed by atoms with Gasteiger partial charge in [-0.3, -0.25) is 0 Å². The second kappa shape index (κ2) is 8.33. The van der Waals surface area contributed by atoms with Crippen LogP contribution in [-0.4, -0.2) is 4.98 Å². The minimum Gasteiger partial charge on any atom is -0.248 e. The standard InChI is InChI=1S/C32H29N/c1-22-15-17-25-19-28(32(2,3)4)31(27(25)18-16-22)26-20-29(23-11-7-5-8-12-23)33-30(21-26)24-13-9-6-10-14-24/h5-21H,1-4H3. The summed E-state index contributed by atoms with van der Waals surface area (Å²) in [6.45, 7) is 9.05. The highest BCUT2D eigenvalue weighted by atomic mass is 14.7. The first-order valence-electron chi connectivity index (χ1n) is 11.6. The van der Waals surface area contributed by atoms with Gasteiger partial charge in [0.2, 0.25) is 0 Å². The fraction of sp³-hybridized carbons (Fsp3) is 0.156. The van der Waals surface area contributed by atoms with E-state index in [0.717, 1.165) is 22.5 Å². The van der Waals surface area contributed by atoms with E-state index in [0.29, 0.717) is 0 Å². The molecule has 5 rings (SSSR count). The highest BCUT2D eigenvalue weighted by Crippen LogP contribution is 2.45. The number of rotatable bonds is 3. The minimum absolute atomic E-state index is 0.0189. The van der Waals surface area contributed by atoms with E-state index in [4.69, 9.17) is 4.98 Å². The third-order valence-corrected chi connectivity index (χ3v) is 6.25. The SMILES string of the molecule is Cc1ccc2cc(C(C)(C)C)c(-c3cc(-c4ccccc4)nc(-c4ccccc4)c3)c-2cc1. The van der Waals surface area contributed by atoms with Crippen LogP contribution in [0.15, 0.2) is 103 Å². The Kier molecular flexibility index (Phi) is 5.34. The van der Waals surface area contributed by atoms with Crippen LogP contribution >= 0.6 is 0 Å². The number of nitrogens with zero attached hydrogens (tertiary/aromatic N) is 1. The molecule has 0 radical (unpaired) electrons. The summed E-state index contributed by atoms with van der Waals surface area (Å²) in [4.78, 5) is 5.08. The maximum Gasteiger partial charge on any atom is 0.0715 e. The van der Waals surface area contributed by atoms with Gasteiger partial charge in [0, 0.05) is 11.1 Å². The van der Waals surface area contributed by atoms with Crippen molar-refractivity contribution in [2.24, 2.45) is 0 Å². The van der Waals surface area contributed by atoms with E-state index in [9.17, 15) is 0 Å². The maximum atomic E-state index is 5.08. The van der Waals surface area contributed by atoms with E-state index < -0.39 is 0 Å². The van der Waals surface area contributed by atoms with Gasteiger partial charge in [-0.25, -0.2) is 4.98 Å². The lowest BCUT2D eigenvalue weighted by atomic mass is 9.83. The van der Waals surface area contributed by atoms with Crippen LogP contribution in [0.1, 0.15) is 31.9 Å². The number of pyridine rings is 1. The van der Waals surface area contributed by atoms with Crippen LogP contribution in [0.4, 0.5) is 0 Å². The minimum atomic E-state index is 0.0189. The molecule has 0 fully saturated rings. The van der Waals surface area contributed by atoms with Gasteiger partial charge in [0.1, 0.15) is 0 Å². The number of aromatic nitrogens is 1. The smallest absolute Gasteiger partial charge is 0.0715 e. The lowest BCUT2D eigenvalue weighted by Crippen LogP contribution is -2.11. The first-order chi connectivity index (χ1) is 15.9. The van der Waals surface area contributed by atoms with Gasteiger partial charge < -0.3 is 0 Å². The van der Waals surface area contributed by atoms with E-state index in [2.05, 4.69) is 131 Å². The molecule has 0 N–H and O–H groups in total. The lowest BCUT2D eigenvalue weighted by molar-refractivity contribution is 0.594. The normalized spacial score (nSPS) is 11.6. The van der Waals surface area contributed by atoms with Gasteiger partial charge in [0.25, 0.3) is 0 Å². The highest BCUT2D eigenvalue weighted by molar-refractivity contribution is 5.92. The topological polar surface area (TPSA) is 12.9 Å². The molecule has 162 valence electrons. The summed E-state index contributed by atoms with van der Waals surface area (Å²) in [5, 5.41) is 0. The van der Waals surface area contributed by atoms with E-state index in [1.54, 1.807) is 0 Å². The zero-order chi connectivity index (χ0) is 23.0. The van der Waals surface area contributed by atoms with Gasteiger partial charge >= 0.3 is 0 Å². The van der Waals surface area contributed by atoms with Crippen LogP contribution in [0.5, 0.6) is 0 Å². The van der Waals surface area contributed by atoms with Crippen LogP contribution in [0, 0.1) is 6.92 Å². The second-order valence-electron chi connectivity index (χ2n) is 9.82. The molecule has 1 heteroatoms. The fourth-order valence-corrected chi connectivity index (χ4v) is 4.49. The van der Waals surface area contributed by atoms with Crippen molar-refractivity contribution in [1.82, 2.24) is 4.98 Å². The van der Waals surface area contributed by atoms with Crippen LogP contribution < -0.4 is 0 Å². The molecule has 3 aromatic rings. The molecule has 2 aliphatic rings. The zero-order valence-electron chi connectivity index (χ0n) is 19.8. The number of benzene rings is 2. The van der Waals surface area contributed by atoms with Crippen molar-refractivity contribution in [3.8, 4) is 44.8 Å². The molecule has 0 atom stereocenters. The number of hydrogen-bond acceptors (Lipinski definition) is 1. The summed E-state index contributed by atoms with van der Waals surface area (Å²) >= 11 is 0. The quantitative estimate of drug-likeness (QED) is 0.280. The molecule has 0 spiro atoms. The molecular formula is C32H29N. The van der Waals surface area contributed by atoms with E-state index >= 15 is 0 Å². The summed E-state index contributed by atoms with van der Waals surface area (Å²) in [6.07, 6.45) is 0. The molecule has 0 aliphatic heterocycles. The van der Waals surface area contributed by atoms with Crippen LogP contribution in [0.25, 0.3) is 44.8 Å². The van der Waals surface area contributed by atoms with Gasteiger partial charge in [0.05, 0.1) is 11.4 Å². The Morgan fingerprint density at radius 2 is 1.09 bits per heavy atom. The number of hydrogen-bond donors (Lipinski definition) is 0. The number of aryl methyl sites for hydroxylation is 1. The van der Waals surface area contributed by atoms with Crippen LogP contribution in [0.2, 0.25) is 0 Å². The molecule has 0 saturated heterocycles. The van der Waals surface area contributed by atoms with Crippen molar-refractivity contribution in [2.45, 2.75) is 33.1 Å². The Balaban J connectivity index is 1.83. The van der Waals surface area contributed by atoms with Crippen molar-refractivity contribution in [2.75, 3.05) is 0 Å². The van der Waals surface area contributed by atoms with Gasteiger partial charge in [-0.2, -0.15) is 0 Å². The molecule has 0 unspecified atom stereocenters. The average molecular weight is 428 g/mol. The number of fused-ring (bicyclic) bond motifs is 1. The Morgan fingerprint density at radius 3 is 1.64 bits per heavy atom. The third-order valence-electron chi connectivity index (χ3n) is 6.25. The fourth-order valence-electron chi connectivity index (χ4n) is 4.49. The summed E-state index contributed by atoms with van der Waals surface area (Å²) in [5.74, 6) is 0. The van der Waals surface area contributed by atoms with Crippen molar-refractivity contribution in [1.29, 1.82) is 0 Å². The van der Waals surface area contributed by atoms with Crippen molar-refractivity contribution >= 4 is 0 Å². The van der Waals surface area contributed by atoms with Crippen molar-refractivity contribution in [3.63, 3.8) is 0 Å². The predicted molar refractivity (Wildman–Crippen MR) is 141 cm³/mol. The Hall–Kier alpha value is -3.71. The van der Waals surface area contributed by atoms with Crippen LogP contribution in [0.3, 0.4) is 0 Å². The highest BCUT2D eigenvalue weighted by Gasteiger charge is 2.26. The zero-order valence-corrected chi connectivity index (χ0v) is 19.8. The molecule has 0 saturated carbocycles. The van der Waals surface area contributed by atoms with Gasteiger partial charge in [-0.05, 0) is 58.4 Å². The molecule has 1 aromatic heterocycles. The monoisotopic (exact) mass is 427 g/mol. The maximum absolute atomic E-state index is 5.08. The van der Waals surface area contributed by atoms with Gasteiger partial charge in [0.15, 0.2) is 0 Å². The van der Waals surface area contributed by atoms with Gasteiger partial charge in [-0.15, -0.1) is 0 Å². The molecule has 2 aliphatic carbocycles. The van der Waals surface area contributed by atoms with E-state index in [1.165, 1.54) is 33.4 Å². The summed E-state index contributed by atoms with van der Waals surface area (Å²) < 4.78 is 0. The summed E-state index contributed by atoms with van der Waals surface area (Å²) in [6, 6.07) is 36.8. The molecule has 33 heavy (non-hydrogen) atoms. The first-order valence-corrected chi connectivity index (χ1v) is 11.6. The average Bonchev–Trinajstić information content (AvgIpc) is 3.12. The first kappa shape index (κ1) is 21.2. The molecular weight excluding hydrogens is 398 g/mol. The van der Waals surface area contributed by atoms with Crippen LogP contribution in [-0.2, 0) is 5.41 Å². The molecule has 1 heterocycles. The summed E-state index contributed by atoms with van der Waals surface area (Å²) in [7, 11) is 0. The van der Waals surface area contributed by atoms with Gasteiger partial charge in [-0.1, -0.05) is 111 Å². The molecule has 1 nitrogen and oxygen atoms in total. The third kappa shape index (κ3) is 4.19. The molecule has 2 aromatic carbocycles. The Labute approximate surface area is 197 Å². The lowest BCUT2D eigenvalue weighted by Gasteiger charge is -2.21. The molecule has 0 bridgehead atoms. The Bertz CT molecular complexity index is 1320. The predicted octanol–water partition coefficient (Wildman–Crippen LogP) is 8.79. The van der Waals surface area contributed by atoms with E-state index in [1.807, 2.05) is 0 Å². The van der Waals surface area contributed by atoms with Crippen molar-refractivity contribution in [3.05, 3.63) is 114 Å². The summed E-state index contributed by atoms with van der Waals surface area (Å²) in [5.41, 5.74) is 12.0. The second-order valence-corrected chi connectivity index (χ2v) is 9.82.